The predicted molar refractivity (Wildman–Crippen MR) is 464 cm³/mol. The molecule has 2 aromatic heterocycles. The Labute approximate surface area is 784 Å². The summed E-state index contributed by atoms with van der Waals surface area (Å²) in [5.41, 5.74) is 2.66. The monoisotopic (exact) mass is 1930 g/mol. The standard InChI is InChI=1S/C88H150N8O38/c1-45-53(28-47-27-48(37-101-3)54(35-97)66(109-11)64(47)107-9)65(108-10)80(119-21)85(125-45)131-72-60(43-105-7)129-87(82(121-23)77(72)116-18)133-70-58(41-103-5)127-57(69(112-14)75(70)114-16)30-52(99)33-95-31-50(91-93-95)39-123-25-26-124-40-51-32-96(94-92-51)34-62(100)90-84-79(118-20)76(115-17)71(59(128-84)42-104-6)134-88-83(122-24)78(117-19)73(61(130-88)44-106-8)132-86-81(120-22)74(113-15)63(46(2)126-86)89-56-29-49(38-102-4)55(36-98)67(110-12)68(56)111-13/h27,29,31-32,45-47,53-61,63-89,97-98H,25-26,28,30,33-44H2,1-24H3,(H,90,100). The minimum Gasteiger partial charge on any atom is -0.396 e. The molecule has 8 heterocycles. The van der Waals surface area contributed by atoms with Crippen molar-refractivity contribution in [2.75, 3.05) is 222 Å². The van der Waals surface area contributed by atoms with Crippen molar-refractivity contribution in [2.24, 2.45) is 23.7 Å². The number of aromatic nitrogens is 6. The van der Waals surface area contributed by atoms with Crippen LogP contribution < -0.4 is 10.6 Å². The van der Waals surface area contributed by atoms with Crippen molar-refractivity contribution >= 4 is 11.7 Å². The van der Waals surface area contributed by atoms with Gasteiger partial charge in [-0.15, -0.1) is 10.2 Å². The molecule has 770 valence electrons. The minimum absolute atomic E-state index is 0.00212. The van der Waals surface area contributed by atoms with E-state index in [4.69, 9.17) is 161 Å². The molecule has 46 heteroatoms. The number of methoxy groups -OCH3 is 22. The van der Waals surface area contributed by atoms with Gasteiger partial charge in [-0.25, -0.2) is 9.36 Å². The number of hydrogen-bond acceptors (Lipinski definition) is 43. The van der Waals surface area contributed by atoms with Crippen LogP contribution in [0.4, 0.5) is 0 Å². The van der Waals surface area contributed by atoms with Gasteiger partial charge in [0.2, 0.25) is 5.91 Å². The Kier molecular flexibility index (Phi) is 46.3. The highest BCUT2D eigenvalue weighted by Gasteiger charge is 2.60. The number of amides is 1. The van der Waals surface area contributed by atoms with Crippen LogP contribution in [-0.2, 0) is 197 Å². The number of nitrogens with zero attached hydrogens (tertiary/aromatic N) is 6. The second kappa shape index (κ2) is 55.7. The molecule has 6 saturated heterocycles. The van der Waals surface area contributed by atoms with E-state index in [0.717, 1.165) is 11.1 Å². The first-order valence-corrected chi connectivity index (χ1v) is 45.1. The van der Waals surface area contributed by atoms with Crippen molar-refractivity contribution in [3.05, 3.63) is 47.1 Å². The highest BCUT2D eigenvalue weighted by molar-refractivity contribution is 5.78. The number of carbonyl (C=O) groups is 2. The molecule has 38 unspecified atom stereocenters. The van der Waals surface area contributed by atoms with Crippen LogP contribution >= 0.6 is 0 Å². The summed E-state index contributed by atoms with van der Waals surface area (Å²) in [6, 6.07) is -0.914. The van der Waals surface area contributed by atoms with Crippen LogP contribution in [0.25, 0.3) is 0 Å². The average Bonchev–Trinajstić information content (AvgIpc) is 0.963. The zero-order valence-electron chi connectivity index (χ0n) is 81.8. The van der Waals surface area contributed by atoms with E-state index in [-0.39, 0.29) is 122 Å². The summed E-state index contributed by atoms with van der Waals surface area (Å²) < 4.78 is 215. The van der Waals surface area contributed by atoms with Crippen LogP contribution in [0.5, 0.6) is 0 Å². The van der Waals surface area contributed by atoms with Gasteiger partial charge in [0, 0.05) is 187 Å². The van der Waals surface area contributed by atoms with E-state index in [1.807, 2.05) is 19.9 Å². The summed E-state index contributed by atoms with van der Waals surface area (Å²) in [7, 11) is 34.1. The fraction of sp³-hybridized carbons (Fsp3) is 0.886. The first-order chi connectivity index (χ1) is 65.0. The highest BCUT2D eigenvalue weighted by Crippen LogP contribution is 2.45. The summed E-state index contributed by atoms with van der Waals surface area (Å²) in [6.07, 6.45) is -18.6. The van der Waals surface area contributed by atoms with Crippen LogP contribution in [0.15, 0.2) is 35.7 Å². The maximum atomic E-state index is 14.0. The quantitative estimate of drug-likeness (QED) is 0.0447. The van der Waals surface area contributed by atoms with E-state index in [2.05, 4.69) is 37.3 Å². The fourth-order valence-corrected chi connectivity index (χ4v) is 20.3. The molecular formula is C88H150N8O38. The molecule has 0 aromatic carbocycles. The van der Waals surface area contributed by atoms with Gasteiger partial charge in [-0.05, 0) is 31.4 Å². The van der Waals surface area contributed by atoms with Gasteiger partial charge in [0.25, 0.3) is 0 Å². The van der Waals surface area contributed by atoms with Crippen molar-refractivity contribution in [3.63, 3.8) is 0 Å². The normalized spacial score (nSPS) is 38.3. The second-order valence-corrected chi connectivity index (χ2v) is 34.2. The molecule has 0 spiro atoms. The molecule has 1 amide bonds. The number of hydrogen-bond donors (Lipinski definition) is 4. The van der Waals surface area contributed by atoms with Gasteiger partial charge in [0.05, 0.1) is 146 Å². The Morgan fingerprint density at radius 3 is 1.19 bits per heavy atom. The fourth-order valence-electron chi connectivity index (χ4n) is 20.3. The number of nitrogens with one attached hydrogen (secondary N) is 2. The molecule has 10 rings (SSSR count). The first kappa shape index (κ1) is 111. The van der Waals surface area contributed by atoms with Crippen molar-refractivity contribution in [3.8, 4) is 0 Å². The lowest BCUT2D eigenvalue weighted by molar-refractivity contribution is -0.376. The third-order valence-electron chi connectivity index (χ3n) is 26.5. The van der Waals surface area contributed by atoms with E-state index in [0.29, 0.717) is 24.4 Å². The molecule has 6 fully saturated rings. The smallest absolute Gasteiger partial charge is 0.243 e. The number of ether oxygens (including phenoxy) is 34. The van der Waals surface area contributed by atoms with E-state index in [1.54, 1.807) is 90.6 Å². The molecular weight excluding hydrogens is 1780 g/mol. The summed E-state index contributed by atoms with van der Waals surface area (Å²) in [5.74, 6) is -1.83. The van der Waals surface area contributed by atoms with E-state index in [1.165, 1.54) is 87.6 Å². The molecule has 0 bridgehead atoms. The van der Waals surface area contributed by atoms with Crippen molar-refractivity contribution in [1.82, 2.24) is 40.6 Å². The molecule has 2 aromatic rings. The Morgan fingerprint density at radius 2 is 0.754 bits per heavy atom. The number of carbonyl (C=O) groups excluding carboxylic acids is 2. The summed E-state index contributed by atoms with van der Waals surface area (Å²) in [5, 5.41) is 44.3. The lowest BCUT2D eigenvalue weighted by Crippen LogP contribution is -2.69. The summed E-state index contributed by atoms with van der Waals surface area (Å²) >= 11 is 0. The van der Waals surface area contributed by atoms with Gasteiger partial charge in [0.15, 0.2) is 37.2 Å². The largest absolute Gasteiger partial charge is 0.396 e. The van der Waals surface area contributed by atoms with Crippen molar-refractivity contribution in [2.45, 2.75) is 261 Å². The van der Waals surface area contributed by atoms with Crippen LogP contribution in [0.3, 0.4) is 0 Å². The third kappa shape index (κ3) is 26.7. The maximum absolute atomic E-state index is 14.0. The zero-order chi connectivity index (χ0) is 97.0. The van der Waals surface area contributed by atoms with Gasteiger partial charge in [0.1, 0.15) is 147 Å². The number of aliphatic hydroxyl groups excluding tert-OH is 2. The van der Waals surface area contributed by atoms with Crippen LogP contribution in [0.2, 0.25) is 0 Å². The van der Waals surface area contributed by atoms with Crippen LogP contribution in [0, 0.1) is 23.7 Å². The SMILES string of the molecule is COCC1=CC(CC2C(C)OC(OC3C(COC)OC(OC4C(COC)OC(CC(=O)Cn5cc(COCCOCc6cn(CC(=O)NC7OC(COC)C(OC8OC(COC)C(OC9OC(C)C(NC%10C=C(COC)C(CO)C(OC)C%10OC)C(OC)C9OC)C(OC)C8OC)C(OC)C7OC)nn6)nn5)C(OC)C4OC)C(OC)C3OC)C(OC)C2OC)C(OC)C(OC)C1CO. The van der Waals surface area contributed by atoms with E-state index in [9.17, 15) is 19.8 Å². The Hall–Kier alpha value is -4.58. The van der Waals surface area contributed by atoms with Crippen molar-refractivity contribution in [1.29, 1.82) is 0 Å². The van der Waals surface area contributed by atoms with Crippen LogP contribution in [-0.4, -0.2) is 483 Å². The van der Waals surface area contributed by atoms with Crippen molar-refractivity contribution < 1.29 is 181 Å². The highest BCUT2D eigenvalue weighted by atomic mass is 16.8. The number of Topliss-reactive ketones (excluding diaryl/α,β-unsaturated/α-hetero) is 1. The second-order valence-electron chi connectivity index (χ2n) is 34.2. The number of rotatable bonds is 56. The minimum atomic E-state index is -1.18. The molecule has 4 N–H and O–H groups in total. The maximum Gasteiger partial charge on any atom is 0.243 e. The molecule has 134 heavy (non-hydrogen) atoms. The van der Waals surface area contributed by atoms with E-state index >= 15 is 0 Å². The number of aliphatic hydroxyl groups is 2. The average molecular weight is 1930 g/mol. The number of ketones is 1. The Balaban J connectivity index is 0.680. The molecule has 6 aliphatic heterocycles. The van der Waals surface area contributed by atoms with Gasteiger partial charge < -0.3 is 182 Å². The Morgan fingerprint density at radius 1 is 0.373 bits per heavy atom. The summed E-state index contributed by atoms with van der Waals surface area (Å²) in [4.78, 5) is 28.0. The molecule has 0 saturated carbocycles. The van der Waals surface area contributed by atoms with Gasteiger partial charge in [-0.1, -0.05) is 22.6 Å². The molecule has 8 aliphatic rings. The summed E-state index contributed by atoms with van der Waals surface area (Å²) in [6.45, 7) is 4.14. The molecule has 2 aliphatic carbocycles. The lowest BCUT2D eigenvalue weighted by Gasteiger charge is -2.51. The van der Waals surface area contributed by atoms with Gasteiger partial charge in [-0.3, -0.25) is 9.59 Å². The van der Waals surface area contributed by atoms with Gasteiger partial charge >= 0.3 is 0 Å². The first-order valence-electron chi connectivity index (χ1n) is 45.1. The lowest BCUT2D eigenvalue weighted by atomic mass is 9.72. The zero-order valence-corrected chi connectivity index (χ0v) is 81.8. The molecule has 0 radical (unpaired) electrons. The van der Waals surface area contributed by atoms with E-state index < -0.39 is 214 Å². The third-order valence-corrected chi connectivity index (χ3v) is 26.5. The molecule has 38 atom stereocenters. The Bertz CT molecular complexity index is 3530. The molecule has 46 nitrogen and oxygen atoms in total. The predicted octanol–water partition coefficient (Wildman–Crippen LogP) is -1.18. The van der Waals surface area contributed by atoms with Crippen LogP contribution in [0.1, 0.15) is 38.1 Å². The van der Waals surface area contributed by atoms with Gasteiger partial charge in [-0.2, -0.15) is 0 Å². The topological polar surface area (TPSA) is 474 Å².